The Kier molecular flexibility index (Phi) is 2.49. The normalized spacial score (nSPS) is 12.0. The molecule has 0 atom stereocenters. The molecule has 0 radical (unpaired) electrons. The molecule has 0 unspecified atom stereocenters. The third kappa shape index (κ3) is 1.93. The third-order valence-corrected chi connectivity index (χ3v) is 3.06. The molecule has 90 valence electrons. The molecule has 0 bridgehead atoms. The van der Waals surface area contributed by atoms with Crippen molar-refractivity contribution in [3.8, 4) is 0 Å². The number of carbonyl (C=O) groups is 1. The van der Waals surface area contributed by atoms with Crippen LogP contribution in [0.15, 0.2) is 24.3 Å². The van der Waals surface area contributed by atoms with Crippen LogP contribution in [0.4, 0.5) is 0 Å². The van der Waals surface area contributed by atoms with E-state index in [1.807, 2.05) is 13.1 Å². The van der Waals surface area contributed by atoms with Crippen molar-refractivity contribution in [3.05, 3.63) is 35.5 Å². The van der Waals surface area contributed by atoms with Crippen LogP contribution in [0.3, 0.4) is 0 Å². The summed E-state index contributed by atoms with van der Waals surface area (Å²) in [6.07, 6.45) is 0. The summed E-state index contributed by atoms with van der Waals surface area (Å²) in [6.45, 7) is 6.46. The first kappa shape index (κ1) is 11.7. The number of carboxylic acids is 1. The van der Waals surface area contributed by atoms with E-state index < -0.39 is 5.97 Å². The minimum Gasteiger partial charge on any atom is -0.478 e. The fraction of sp³-hybridized carbons (Fsp3) is 0.357. The molecule has 1 N–H and O–H groups in total. The smallest absolute Gasteiger partial charge is 0.335 e. The molecule has 0 spiro atoms. The molecule has 0 saturated heterocycles. The second-order valence-corrected chi connectivity index (χ2v) is 5.42. The Balaban J connectivity index is 2.70. The van der Waals surface area contributed by atoms with Crippen molar-refractivity contribution in [2.24, 2.45) is 7.05 Å². The average Bonchev–Trinajstić information content (AvgIpc) is 2.55. The largest absolute Gasteiger partial charge is 0.478 e. The van der Waals surface area contributed by atoms with Crippen molar-refractivity contribution in [2.45, 2.75) is 26.2 Å². The van der Waals surface area contributed by atoms with Crippen molar-refractivity contribution in [3.63, 3.8) is 0 Å². The van der Waals surface area contributed by atoms with E-state index in [-0.39, 0.29) is 5.41 Å². The molecule has 2 aromatic rings. The highest BCUT2D eigenvalue weighted by molar-refractivity contribution is 5.94. The van der Waals surface area contributed by atoms with E-state index in [4.69, 9.17) is 5.11 Å². The first-order chi connectivity index (χ1) is 7.80. The Labute approximate surface area is 101 Å². The Bertz CT molecular complexity index is 588. The molecule has 0 amide bonds. The number of aromatic nitrogens is 1. The first-order valence-corrected chi connectivity index (χ1v) is 5.64. The van der Waals surface area contributed by atoms with Crippen LogP contribution in [0.1, 0.15) is 36.8 Å². The highest BCUT2D eigenvalue weighted by Crippen LogP contribution is 2.28. The van der Waals surface area contributed by atoms with Gasteiger partial charge in [0.15, 0.2) is 0 Å². The van der Waals surface area contributed by atoms with Crippen molar-refractivity contribution in [1.82, 2.24) is 4.57 Å². The van der Waals surface area contributed by atoms with Gasteiger partial charge in [0.2, 0.25) is 0 Å². The molecule has 2 rings (SSSR count). The maximum atomic E-state index is 10.9. The summed E-state index contributed by atoms with van der Waals surface area (Å²) in [5.74, 6) is -0.881. The minimum atomic E-state index is -0.881. The molecule has 3 nitrogen and oxygen atoms in total. The monoisotopic (exact) mass is 231 g/mol. The van der Waals surface area contributed by atoms with E-state index in [9.17, 15) is 4.79 Å². The second-order valence-electron chi connectivity index (χ2n) is 5.42. The van der Waals surface area contributed by atoms with Gasteiger partial charge in [-0.1, -0.05) is 20.8 Å². The number of hydrogen-bond acceptors (Lipinski definition) is 1. The Morgan fingerprint density at radius 1 is 1.24 bits per heavy atom. The van der Waals surface area contributed by atoms with Gasteiger partial charge in [-0.25, -0.2) is 4.79 Å². The van der Waals surface area contributed by atoms with Gasteiger partial charge in [-0.3, -0.25) is 0 Å². The maximum absolute atomic E-state index is 10.9. The molecule has 1 aromatic carbocycles. The van der Waals surface area contributed by atoms with E-state index in [1.54, 1.807) is 12.1 Å². The number of benzene rings is 1. The van der Waals surface area contributed by atoms with Crippen LogP contribution in [0.2, 0.25) is 0 Å². The topological polar surface area (TPSA) is 42.2 Å². The standard InChI is InChI=1S/C14H17NO2/c1-14(2,3)12-8-10-7-9(13(16)17)5-6-11(10)15(12)4/h5-8H,1-4H3,(H,16,17). The SMILES string of the molecule is Cn1c(C(C)(C)C)cc2cc(C(=O)O)ccc21. The van der Waals surface area contributed by atoms with Crippen LogP contribution in [0.5, 0.6) is 0 Å². The molecule has 3 heteroatoms. The zero-order chi connectivity index (χ0) is 12.8. The number of aryl methyl sites for hydroxylation is 1. The van der Waals surface area contributed by atoms with Gasteiger partial charge in [0, 0.05) is 29.1 Å². The van der Waals surface area contributed by atoms with Gasteiger partial charge in [-0.15, -0.1) is 0 Å². The van der Waals surface area contributed by atoms with Crippen molar-refractivity contribution < 1.29 is 9.90 Å². The number of fused-ring (bicyclic) bond motifs is 1. The van der Waals surface area contributed by atoms with E-state index in [0.29, 0.717) is 5.56 Å². The molecule has 0 aliphatic rings. The van der Waals surface area contributed by atoms with E-state index in [2.05, 4.69) is 31.4 Å². The summed E-state index contributed by atoms with van der Waals surface area (Å²) < 4.78 is 2.13. The molecule has 0 fully saturated rings. The van der Waals surface area contributed by atoms with Crippen molar-refractivity contribution >= 4 is 16.9 Å². The first-order valence-electron chi connectivity index (χ1n) is 5.64. The van der Waals surface area contributed by atoms with Gasteiger partial charge in [-0.05, 0) is 24.3 Å². The summed E-state index contributed by atoms with van der Waals surface area (Å²) in [5, 5.41) is 9.96. The van der Waals surface area contributed by atoms with E-state index in [1.165, 1.54) is 5.69 Å². The van der Waals surface area contributed by atoms with Crippen LogP contribution in [-0.2, 0) is 12.5 Å². The van der Waals surface area contributed by atoms with E-state index >= 15 is 0 Å². The lowest BCUT2D eigenvalue weighted by atomic mass is 9.92. The zero-order valence-corrected chi connectivity index (χ0v) is 10.6. The molecule has 1 aromatic heterocycles. The van der Waals surface area contributed by atoms with Crippen LogP contribution < -0.4 is 0 Å². The summed E-state index contributed by atoms with van der Waals surface area (Å²) >= 11 is 0. The average molecular weight is 231 g/mol. The van der Waals surface area contributed by atoms with E-state index in [0.717, 1.165) is 10.9 Å². The van der Waals surface area contributed by atoms with Crippen molar-refractivity contribution in [1.29, 1.82) is 0 Å². The fourth-order valence-corrected chi connectivity index (χ4v) is 2.20. The number of hydrogen-bond donors (Lipinski definition) is 1. The predicted octanol–water partition coefficient (Wildman–Crippen LogP) is 3.17. The third-order valence-electron chi connectivity index (χ3n) is 3.06. The van der Waals surface area contributed by atoms with Crippen molar-refractivity contribution in [2.75, 3.05) is 0 Å². The summed E-state index contributed by atoms with van der Waals surface area (Å²) in [5.41, 5.74) is 2.66. The maximum Gasteiger partial charge on any atom is 0.335 e. The molecule has 0 saturated carbocycles. The van der Waals surface area contributed by atoms with Crippen LogP contribution in [-0.4, -0.2) is 15.6 Å². The number of rotatable bonds is 1. The summed E-state index contributed by atoms with van der Waals surface area (Å²) in [6, 6.07) is 7.32. The molecule has 1 heterocycles. The quantitative estimate of drug-likeness (QED) is 0.819. The molecular formula is C14H17NO2. The summed E-state index contributed by atoms with van der Waals surface area (Å²) in [7, 11) is 2.02. The van der Waals surface area contributed by atoms with Crippen LogP contribution in [0, 0.1) is 0 Å². The second kappa shape index (κ2) is 3.62. The molecule has 0 aliphatic heterocycles. The molecule has 0 aliphatic carbocycles. The number of carboxylic acid groups (broad SMARTS) is 1. The highest BCUT2D eigenvalue weighted by Gasteiger charge is 2.19. The number of nitrogens with zero attached hydrogens (tertiary/aromatic N) is 1. The number of aromatic carboxylic acids is 1. The molecule has 17 heavy (non-hydrogen) atoms. The lowest BCUT2D eigenvalue weighted by Crippen LogP contribution is -2.15. The van der Waals surface area contributed by atoms with Gasteiger partial charge < -0.3 is 9.67 Å². The highest BCUT2D eigenvalue weighted by atomic mass is 16.4. The fourth-order valence-electron chi connectivity index (χ4n) is 2.20. The van der Waals surface area contributed by atoms with Gasteiger partial charge in [-0.2, -0.15) is 0 Å². The van der Waals surface area contributed by atoms with Gasteiger partial charge in [0.05, 0.1) is 5.56 Å². The zero-order valence-electron chi connectivity index (χ0n) is 10.6. The lowest BCUT2D eigenvalue weighted by Gasteiger charge is -2.19. The van der Waals surface area contributed by atoms with Gasteiger partial charge >= 0.3 is 5.97 Å². The van der Waals surface area contributed by atoms with Gasteiger partial charge in [0.25, 0.3) is 0 Å². The van der Waals surface area contributed by atoms with Gasteiger partial charge in [0.1, 0.15) is 0 Å². The lowest BCUT2D eigenvalue weighted by molar-refractivity contribution is 0.0697. The Hall–Kier alpha value is -1.77. The van der Waals surface area contributed by atoms with Crippen LogP contribution in [0.25, 0.3) is 10.9 Å². The predicted molar refractivity (Wildman–Crippen MR) is 68.6 cm³/mol. The minimum absolute atomic E-state index is 0.0527. The Morgan fingerprint density at radius 2 is 1.88 bits per heavy atom. The molecular weight excluding hydrogens is 214 g/mol. The Morgan fingerprint density at radius 3 is 2.41 bits per heavy atom. The van der Waals surface area contributed by atoms with Crippen LogP contribution >= 0.6 is 0 Å². The summed E-state index contributed by atoms with van der Waals surface area (Å²) in [4.78, 5) is 10.9.